The molecule has 4 heteroatoms. The molecule has 0 amide bonds. The molecule has 2 aliphatic rings. The molecule has 0 bridgehead atoms. The number of hydrogen-bond donors (Lipinski definition) is 0. The van der Waals surface area contributed by atoms with Crippen molar-refractivity contribution in [2.24, 2.45) is 0 Å². The third-order valence-electron chi connectivity index (χ3n) is 4.70. The molecular weight excluding hydrogens is 342 g/mol. The Hall–Kier alpha value is -3.11. The van der Waals surface area contributed by atoms with Gasteiger partial charge in [-0.1, -0.05) is 42.5 Å². The van der Waals surface area contributed by atoms with Gasteiger partial charge in [0, 0.05) is 10.8 Å². The average Bonchev–Trinajstić information content (AvgIpc) is 3.01. The van der Waals surface area contributed by atoms with Crippen LogP contribution in [-0.4, -0.2) is 11.7 Å². The predicted octanol–water partition coefficient (Wildman–Crippen LogP) is 5.32. The van der Waals surface area contributed by atoms with Gasteiger partial charge in [0.15, 0.2) is 0 Å². The maximum Gasteiger partial charge on any atom is 0.263 e. The summed E-state index contributed by atoms with van der Waals surface area (Å²) in [6.45, 7) is 0. The predicted molar refractivity (Wildman–Crippen MR) is 108 cm³/mol. The zero-order valence-corrected chi connectivity index (χ0v) is 14.9. The molecule has 0 aromatic heterocycles. The van der Waals surface area contributed by atoms with Crippen LogP contribution >= 0.6 is 11.3 Å². The van der Waals surface area contributed by atoms with Gasteiger partial charge >= 0.3 is 0 Å². The Bertz CT molecular complexity index is 1300. The Labute approximate surface area is 154 Å². The third kappa shape index (κ3) is 2.09. The summed E-state index contributed by atoms with van der Waals surface area (Å²) in [7, 11) is 1.67. The van der Waals surface area contributed by atoms with Gasteiger partial charge in [0.1, 0.15) is 5.75 Å². The Kier molecular flexibility index (Phi) is 3.33. The molecule has 5 rings (SSSR count). The second-order valence-corrected chi connectivity index (χ2v) is 7.22. The molecule has 2 heterocycles. The lowest BCUT2D eigenvalue weighted by molar-refractivity contribution is 0.415. The van der Waals surface area contributed by atoms with E-state index in [1.807, 2.05) is 65.2 Å². The van der Waals surface area contributed by atoms with Crippen molar-refractivity contribution in [1.29, 1.82) is 0 Å². The van der Waals surface area contributed by atoms with E-state index < -0.39 is 0 Å². The zero-order chi connectivity index (χ0) is 17.7. The fourth-order valence-corrected chi connectivity index (χ4v) is 4.69. The molecule has 0 unspecified atom stereocenters. The summed E-state index contributed by atoms with van der Waals surface area (Å²) in [5.41, 5.74) is 2.99. The fourth-order valence-electron chi connectivity index (χ4n) is 3.52. The second-order valence-electron chi connectivity index (χ2n) is 6.17. The lowest BCUT2D eigenvalue weighted by Gasteiger charge is -2.14. The number of methoxy groups -OCH3 is 1. The molecule has 2 aliphatic heterocycles. The highest BCUT2D eigenvalue weighted by Gasteiger charge is 2.22. The van der Waals surface area contributed by atoms with Crippen LogP contribution in [0.5, 0.6) is 5.75 Å². The molecule has 0 saturated carbocycles. The molecule has 0 N–H and O–H groups in total. The quantitative estimate of drug-likeness (QED) is 0.428. The molecule has 3 aromatic rings. The summed E-state index contributed by atoms with van der Waals surface area (Å²) in [6, 6.07) is 23.9. The van der Waals surface area contributed by atoms with Gasteiger partial charge in [0.25, 0.3) is 5.56 Å². The minimum Gasteiger partial charge on any atom is -0.497 e. The molecule has 0 spiro atoms. The van der Waals surface area contributed by atoms with E-state index in [1.165, 1.54) is 0 Å². The summed E-state index contributed by atoms with van der Waals surface area (Å²) in [5.74, 6) is 0.805. The van der Waals surface area contributed by atoms with Crippen LogP contribution in [0.2, 0.25) is 0 Å². The number of fused-ring (bicyclic) bond motifs is 5. The first-order valence-electron chi connectivity index (χ1n) is 8.37. The van der Waals surface area contributed by atoms with Gasteiger partial charge in [0.05, 0.1) is 27.9 Å². The molecule has 26 heavy (non-hydrogen) atoms. The Morgan fingerprint density at radius 2 is 1.65 bits per heavy atom. The number of hydrogen-bond acceptors (Lipinski definition) is 3. The highest BCUT2D eigenvalue weighted by molar-refractivity contribution is 7.22. The average molecular weight is 357 g/mol. The summed E-state index contributed by atoms with van der Waals surface area (Å²) in [6.07, 6.45) is 0. The topological polar surface area (TPSA) is 31.2 Å². The number of rotatable bonds is 2. The highest BCUT2D eigenvalue weighted by atomic mass is 32.1. The minimum absolute atomic E-state index is 0.0312. The van der Waals surface area contributed by atoms with Gasteiger partial charge in [-0.05, 0) is 35.9 Å². The van der Waals surface area contributed by atoms with Crippen molar-refractivity contribution < 1.29 is 4.74 Å². The molecule has 0 saturated heterocycles. The summed E-state index contributed by atoms with van der Waals surface area (Å²) in [5, 5.41) is 1.73. The van der Waals surface area contributed by atoms with Crippen LogP contribution in [0.25, 0.3) is 37.1 Å². The first-order valence-corrected chi connectivity index (χ1v) is 9.19. The number of benzene rings is 3. The maximum atomic E-state index is 13.2. The standard InChI is InChI=1S/C22H15NO2S/c1-25-15-8-6-7-14(13-15)21-20-16-9-2-3-10-17(16)22(24)23(20)18-11-4-5-12-19(18)26-21/h2-13H,1H3. The lowest BCUT2D eigenvalue weighted by atomic mass is 10.1. The van der Waals surface area contributed by atoms with Crippen molar-refractivity contribution in [3.05, 3.63) is 83.2 Å². The van der Waals surface area contributed by atoms with Gasteiger partial charge in [0.2, 0.25) is 0 Å². The molecule has 0 atom stereocenters. The van der Waals surface area contributed by atoms with Crippen LogP contribution in [0.4, 0.5) is 0 Å². The molecular formula is C22H15NO2S. The van der Waals surface area contributed by atoms with Crippen LogP contribution in [0, 0.1) is 0 Å². The van der Waals surface area contributed by atoms with E-state index in [-0.39, 0.29) is 5.56 Å². The molecule has 3 nitrogen and oxygen atoms in total. The van der Waals surface area contributed by atoms with Crippen molar-refractivity contribution in [3.63, 3.8) is 0 Å². The first-order chi connectivity index (χ1) is 12.8. The lowest BCUT2D eigenvalue weighted by Crippen LogP contribution is -2.13. The zero-order valence-electron chi connectivity index (χ0n) is 14.1. The highest BCUT2D eigenvalue weighted by Crippen LogP contribution is 2.41. The van der Waals surface area contributed by atoms with E-state index in [0.717, 1.165) is 42.9 Å². The van der Waals surface area contributed by atoms with Crippen molar-refractivity contribution in [1.82, 2.24) is 4.57 Å². The number of para-hydroxylation sites is 1. The van der Waals surface area contributed by atoms with E-state index in [2.05, 4.69) is 12.1 Å². The van der Waals surface area contributed by atoms with Crippen LogP contribution in [0.15, 0.2) is 77.6 Å². The Morgan fingerprint density at radius 3 is 2.50 bits per heavy atom. The van der Waals surface area contributed by atoms with E-state index in [0.29, 0.717) is 0 Å². The number of ether oxygens (including phenoxy) is 1. The van der Waals surface area contributed by atoms with E-state index in [1.54, 1.807) is 18.4 Å². The first kappa shape index (κ1) is 15.2. The van der Waals surface area contributed by atoms with E-state index >= 15 is 0 Å². The van der Waals surface area contributed by atoms with Crippen LogP contribution < -0.4 is 10.3 Å². The van der Waals surface area contributed by atoms with Crippen molar-refractivity contribution in [2.45, 2.75) is 0 Å². The van der Waals surface area contributed by atoms with Crippen molar-refractivity contribution in [3.8, 4) is 21.9 Å². The van der Waals surface area contributed by atoms with Crippen molar-refractivity contribution >= 4 is 32.3 Å². The largest absolute Gasteiger partial charge is 0.497 e. The smallest absolute Gasteiger partial charge is 0.263 e. The number of nitrogens with zero attached hydrogens (tertiary/aromatic N) is 1. The SMILES string of the molecule is COc1cccc(-c2sc3ccccc3n3c(=O)c4ccccc4c2-3)c1. The molecule has 0 radical (unpaired) electrons. The van der Waals surface area contributed by atoms with Crippen molar-refractivity contribution in [2.75, 3.05) is 7.11 Å². The minimum atomic E-state index is 0.0312. The van der Waals surface area contributed by atoms with Crippen LogP contribution in [0.3, 0.4) is 0 Å². The summed E-state index contributed by atoms with van der Waals surface area (Å²) >= 11 is 1.70. The molecule has 0 fully saturated rings. The molecule has 0 aliphatic carbocycles. The van der Waals surface area contributed by atoms with E-state index in [9.17, 15) is 4.79 Å². The monoisotopic (exact) mass is 357 g/mol. The van der Waals surface area contributed by atoms with Crippen LogP contribution in [-0.2, 0) is 0 Å². The van der Waals surface area contributed by atoms with Gasteiger partial charge in [-0.2, -0.15) is 0 Å². The van der Waals surface area contributed by atoms with E-state index in [4.69, 9.17) is 4.74 Å². The molecule has 126 valence electrons. The van der Waals surface area contributed by atoms with Gasteiger partial charge in [-0.3, -0.25) is 9.36 Å². The maximum absolute atomic E-state index is 13.2. The normalized spacial score (nSPS) is 11.4. The number of aromatic nitrogens is 1. The van der Waals surface area contributed by atoms with Gasteiger partial charge in [-0.15, -0.1) is 11.3 Å². The summed E-state index contributed by atoms with van der Waals surface area (Å²) in [4.78, 5) is 14.2. The van der Waals surface area contributed by atoms with Gasteiger partial charge < -0.3 is 4.74 Å². The van der Waals surface area contributed by atoms with Gasteiger partial charge in [-0.25, -0.2) is 0 Å². The summed E-state index contributed by atoms with van der Waals surface area (Å²) < 4.78 is 8.34. The fraction of sp³-hybridized carbons (Fsp3) is 0.0455. The third-order valence-corrected chi connectivity index (χ3v) is 5.90. The molecule has 3 aromatic carbocycles. The Morgan fingerprint density at radius 1 is 0.885 bits per heavy atom. The Balaban J connectivity index is 2.01. The van der Waals surface area contributed by atoms with Crippen LogP contribution in [0.1, 0.15) is 0 Å². The second kappa shape index (κ2) is 5.71.